The van der Waals surface area contributed by atoms with E-state index in [9.17, 15) is 4.79 Å². The van der Waals surface area contributed by atoms with Crippen LogP contribution in [0.5, 0.6) is 0 Å². The molecule has 2 unspecified atom stereocenters. The van der Waals surface area contributed by atoms with E-state index in [0.717, 1.165) is 32.6 Å². The molecule has 6 nitrogen and oxygen atoms in total. The molecule has 0 aromatic rings. The minimum Gasteiger partial charge on any atom is -0.409 e. The SMILES string of the molecule is CC(C(=O)N1CCC(N2CCCC2)C1)C(N)=NO. The third-order valence-electron chi connectivity index (χ3n) is 4.06. The topological polar surface area (TPSA) is 82.2 Å². The number of hydrogen-bond donors (Lipinski definition) is 2. The van der Waals surface area contributed by atoms with Gasteiger partial charge in [-0.05, 0) is 39.3 Å². The molecule has 2 rings (SSSR count). The van der Waals surface area contributed by atoms with E-state index in [1.165, 1.54) is 12.8 Å². The Kier molecular flexibility index (Phi) is 4.06. The minimum atomic E-state index is -0.535. The van der Waals surface area contributed by atoms with Crippen LogP contribution in [0.2, 0.25) is 0 Å². The molecule has 0 aromatic carbocycles. The zero-order valence-electron chi connectivity index (χ0n) is 10.9. The number of amidine groups is 1. The molecule has 3 N–H and O–H groups in total. The predicted molar refractivity (Wildman–Crippen MR) is 68.4 cm³/mol. The van der Waals surface area contributed by atoms with Crippen molar-refractivity contribution in [2.24, 2.45) is 16.8 Å². The third-order valence-corrected chi connectivity index (χ3v) is 4.06. The number of hydrogen-bond acceptors (Lipinski definition) is 4. The maximum Gasteiger partial charge on any atom is 0.233 e. The molecule has 2 aliphatic rings. The van der Waals surface area contributed by atoms with Gasteiger partial charge >= 0.3 is 0 Å². The second kappa shape index (κ2) is 5.56. The van der Waals surface area contributed by atoms with E-state index in [2.05, 4.69) is 10.1 Å². The average Bonchev–Trinajstić information content (AvgIpc) is 3.05. The van der Waals surface area contributed by atoms with Crippen molar-refractivity contribution < 1.29 is 10.0 Å². The van der Waals surface area contributed by atoms with Gasteiger partial charge in [0, 0.05) is 19.1 Å². The number of nitrogens with two attached hydrogens (primary N) is 1. The van der Waals surface area contributed by atoms with E-state index in [4.69, 9.17) is 10.9 Å². The first-order chi connectivity index (χ1) is 8.63. The van der Waals surface area contributed by atoms with Crippen molar-refractivity contribution in [3.63, 3.8) is 0 Å². The molecule has 2 saturated heterocycles. The van der Waals surface area contributed by atoms with Gasteiger partial charge in [0.25, 0.3) is 0 Å². The van der Waals surface area contributed by atoms with Crippen LogP contribution < -0.4 is 5.73 Å². The summed E-state index contributed by atoms with van der Waals surface area (Å²) < 4.78 is 0. The maximum atomic E-state index is 12.1. The second-order valence-electron chi connectivity index (χ2n) is 5.22. The van der Waals surface area contributed by atoms with E-state index in [1.54, 1.807) is 6.92 Å². The summed E-state index contributed by atoms with van der Waals surface area (Å²) in [5, 5.41) is 11.5. The lowest BCUT2D eigenvalue weighted by Gasteiger charge is -2.24. The largest absolute Gasteiger partial charge is 0.409 e. The Labute approximate surface area is 107 Å². The van der Waals surface area contributed by atoms with Gasteiger partial charge in [-0.15, -0.1) is 0 Å². The first-order valence-corrected chi connectivity index (χ1v) is 6.63. The van der Waals surface area contributed by atoms with Crippen LogP contribution in [-0.4, -0.2) is 59.0 Å². The lowest BCUT2D eigenvalue weighted by molar-refractivity contribution is -0.132. The van der Waals surface area contributed by atoms with Crippen molar-refractivity contribution in [1.82, 2.24) is 9.80 Å². The molecular formula is C12H22N4O2. The van der Waals surface area contributed by atoms with Crippen LogP contribution in [0.4, 0.5) is 0 Å². The molecule has 0 saturated carbocycles. The fraction of sp³-hybridized carbons (Fsp3) is 0.833. The summed E-state index contributed by atoms with van der Waals surface area (Å²) >= 11 is 0. The van der Waals surface area contributed by atoms with Crippen LogP contribution in [0.15, 0.2) is 5.16 Å². The van der Waals surface area contributed by atoms with Crippen molar-refractivity contribution in [2.75, 3.05) is 26.2 Å². The Bertz CT molecular complexity index is 339. The Morgan fingerprint density at radius 1 is 1.39 bits per heavy atom. The standard InChI is InChI=1S/C12H22N4O2/c1-9(11(13)14-18)12(17)16-7-4-10(8-16)15-5-2-3-6-15/h9-10,18H,2-8H2,1H3,(H2,13,14). The summed E-state index contributed by atoms with van der Waals surface area (Å²) in [4.78, 5) is 16.5. The van der Waals surface area contributed by atoms with Crippen LogP contribution >= 0.6 is 0 Å². The van der Waals surface area contributed by atoms with Crippen LogP contribution in [0.1, 0.15) is 26.2 Å². The zero-order chi connectivity index (χ0) is 13.1. The number of rotatable bonds is 3. The number of nitrogens with zero attached hydrogens (tertiary/aromatic N) is 3. The smallest absolute Gasteiger partial charge is 0.233 e. The molecule has 1 amide bonds. The van der Waals surface area contributed by atoms with Gasteiger partial charge in [-0.3, -0.25) is 9.69 Å². The molecule has 0 aromatic heterocycles. The van der Waals surface area contributed by atoms with Gasteiger partial charge in [0.1, 0.15) is 0 Å². The Morgan fingerprint density at radius 3 is 2.67 bits per heavy atom. The summed E-state index contributed by atoms with van der Waals surface area (Å²) in [6, 6.07) is 0.496. The van der Waals surface area contributed by atoms with Gasteiger partial charge in [0.15, 0.2) is 5.84 Å². The van der Waals surface area contributed by atoms with Crippen LogP contribution in [0.3, 0.4) is 0 Å². The first kappa shape index (κ1) is 13.1. The number of oxime groups is 1. The lowest BCUT2D eigenvalue weighted by atomic mass is 10.1. The molecule has 18 heavy (non-hydrogen) atoms. The second-order valence-corrected chi connectivity index (χ2v) is 5.22. The molecule has 6 heteroatoms. The number of likely N-dealkylation sites (tertiary alicyclic amines) is 2. The highest BCUT2D eigenvalue weighted by atomic mass is 16.4. The predicted octanol–water partition coefficient (Wildman–Crippen LogP) is 0.0656. The molecule has 2 aliphatic heterocycles. The fourth-order valence-corrected chi connectivity index (χ4v) is 2.83. The molecule has 0 bridgehead atoms. The lowest BCUT2D eigenvalue weighted by Crippen LogP contribution is -2.42. The molecular weight excluding hydrogens is 232 g/mol. The quantitative estimate of drug-likeness (QED) is 0.323. The van der Waals surface area contributed by atoms with Gasteiger partial charge in [-0.25, -0.2) is 0 Å². The van der Waals surface area contributed by atoms with Crippen LogP contribution in [0.25, 0.3) is 0 Å². The maximum absolute atomic E-state index is 12.1. The van der Waals surface area contributed by atoms with Crippen molar-refractivity contribution in [3.05, 3.63) is 0 Å². The average molecular weight is 254 g/mol. The molecule has 2 heterocycles. The summed E-state index contributed by atoms with van der Waals surface area (Å²) in [5.74, 6) is -0.580. The van der Waals surface area contributed by atoms with E-state index in [0.29, 0.717) is 6.04 Å². The first-order valence-electron chi connectivity index (χ1n) is 6.63. The van der Waals surface area contributed by atoms with E-state index in [1.807, 2.05) is 4.90 Å². The Balaban J connectivity index is 1.90. The monoisotopic (exact) mass is 254 g/mol. The van der Waals surface area contributed by atoms with E-state index < -0.39 is 5.92 Å². The van der Waals surface area contributed by atoms with E-state index in [-0.39, 0.29) is 11.7 Å². The molecule has 0 radical (unpaired) electrons. The Hall–Kier alpha value is -1.30. The summed E-state index contributed by atoms with van der Waals surface area (Å²) in [7, 11) is 0. The summed E-state index contributed by atoms with van der Waals surface area (Å²) in [5.41, 5.74) is 5.48. The van der Waals surface area contributed by atoms with Crippen molar-refractivity contribution in [1.29, 1.82) is 0 Å². The number of carbonyl (C=O) groups is 1. The molecule has 2 atom stereocenters. The normalized spacial score (nSPS) is 27.7. The molecule has 102 valence electrons. The van der Waals surface area contributed by atoms with Crippen molar-refractivity contribution in [3.8, 4) is 0 Å². The highest BCUT2D eigenvalue weighted by Crippen LogP contribution is 2.21. The minimum absolute atomic E-state index is 0.00961. The van der Waals surface area contributed by atoms with E-state index >= 15 is 0 Å². The molecule has 2 fully saturated rings. The summed E-state index contributed by atoms with van der Waals surface area (Å²) in [6.45, 7) is 5.55. The number of amides is 1. The highest BCUT2D eigenvalue weighted by molar-refractivity contribution is 6.01. The van der Waals surface area contributed by atoms with Crippen molar-refractivity contribution in [2.45, 2.75) is 32.2 Å². The van der Waals surface area contributed by atoms with Gasteiger partial charge in [-0.1, -0.05) is 5.16 Å². The zero-order valence-corrected chi connectivity index (χ0v) is 10.9. The molecule has 0 aliphatic carbocycles. The molecule has 0 spiro atoms. The van der Waals surface area contributed by atoms with Gasteiger partial charge < -0.3 is 15.8 Å². The van der Waals surface area contributed by atoms with Crippen LogP contribution in [-0.2, 0) is 4.79 Å². The third kappa shape index (κ3) is 2.58. The Morgan fingerprint density at radius 2 is 2.06 bits per heavy atom. The highest BCUT2D eigenvalue weighted by Gasteiger charge is 2.33. The van der Waals surface area contributed by atoms with Gasteiger partial charge in [0.2, 0.25) is 5.91 Å². The summed E-state index contributed by atoms with van der Waals surface area (Å²) in [6.07, 6.45) is 3.57. The number of carbonyl (C=O) groups excluding carboxylic acids is 1. The van der Waals surface area contributed by atoms with Gasteiger partial charge in [-0.2, -0.15) is 0 Å². The fourth-order valence-electron chi connectivity index (χ4n) is 2.83. The van der Waals surface area contributed by atoms with Gasteiger partial charge in [0.05, 0.1) is 5.92 Å². The van der Waals surface area contributed by atoms with Crippen molar-refractivity contribution >= 4 is 11.7 Å². The van der Waals surface area contributed by atoms with Crippen LogP contribution in [0, 0.1) is 5.92 Å².